The molecule has 0 amide bonds. The highest BCUT2D eigenvalue weighted by Crippen LogP contribution is 2.28. The van der Waals surface area contributed by atoms with Crippen LogP contribution in [0, 0.1) is 0 Å². The fourth-order valence-corrected chi connectivity index (χ4v) is 2.39. The van der Waals surface area contributed by atoms with Gasteiger partial charge in [-0.3, -0.25) is 0 Å². The first-order valence-electron chi connectivity index (χ1n) is 7.05. The van der Waals surface area contributed by atoms with Crippen molar-refractivity contribution in [2.75, 3.05) is 20.0 Å². The molecule has 5 heteroatoms. The number of nitrogen functional groups attached to an aromatic ring is 1. The van der Waals surface area contributed by atoms with Gasteiger partial charge < -0.3 is 19.6 Å². The Morgan fingerprint density at radius 1 is 1.00 bits per heavy atom. The van der Waals surface area contributed by atoms with Crippen molar-refractivity contribution < 1.29 is 13.9 Å². The van der Waals surface area contributed by atoms with E-state index in [9.17, 15) is 0 Å². The number of oxazole rings is 1. The van der Waals surface area contributed by atoms with Crippen molar-refractivity contribution in [2.24, 2.45) is 0 Å². The number of nitrogens with zero attached hydrogens (tertiary/aromatic N) is 1. The average Bonchev–Trinajstić information content (AvgIpc) is 2.94. The smallest absolute Gasteiger partial charge is 0.195 e. The predicted molar refractivity (Wildman–Crippen MR) is 85.4 cm³/mol. The van der Waals surface area contributed by atoms with Crippen LogP contribution in [0.25, 0.3) is 11.1 Å². The summed E-state index contributed by atoms with van der Waals surface area (Å²) >= 11 is 0. The number of fused-ring (bicyclic) bond motifs is 1. The number of benzene rings is 2. The molecule has 3 rings (SSSR count). The third-order valence-corrected chi connectivity index (χ3v) is 3.53. The fourth-order valence-electron chi connectivity index (χ4n) is 2.39. The van der Waals surface area contributed by atoms with Crippen molar-refractivity contribution in [2.45, 2.75) is 12.8 Å². The van der Waals surface area contributed by atoms with E-state index in [-0.39, 0.29) is 0 Å². The van der Waals surface area contributed by atoms with E-state index in [0.29, 0.717) is 18.0 Å². The van der Waals surface area contributed by atoms with Crippen LogP contribution in [0.1, 0.15) is 11.5 Å². The highest BCUT2D eigenvalue weighted by molar-refractivity contribution is 5.76. The molecule has 114 valence electrons. The molecule has 5 nitrogen and oxygen atoms in total. The zero-order chi connectivity index (χ0) is 15.5. The molecule has 0 spiro atoms. The Morgan fingerprint density at radius 3 is 2.59 bits per heavy atom. The summed E-state index contributed by atoms with van der Waals surface area (Å²) in [5.74, 6) is 2.16. The quantitative estimate of drug-likeness (QED) is 0.732. The highest BCUT2D eigenvalue weighted by Gasteiger charge is 2.08. The SMILES string of the molecule is COc1ccc(CCc2nc3cc(N)ccc3o2)cc1OC. The molecule has 0 aliphatic rings. The maximum absolute atomic E-state index is 5.75. The van der Waals surface area contributed by atoms with Crippen LogP contribution in [0.15, 0.2) is 40.8 Å². The number of anilines is 1. The van der Waals surface area contributed by atoms with Gasteiger partial charge in [-0.1, -0.05) is 6.07 Å². The molecule has 0 aliphatic carbocycles. The molecule has 0 aliphatic heterocycles. The Labute approximate surface area is 128 Å². The molecule has 0 atom stereocenters. The van der Waals surface area contributed by atoms with E-state index in [2.05, 4.69) is 4.98 Å². The summed E-state index contributed by atoms with van der Waals surface area (Å²) in [6.07, 6.45) is 1.52. The first-order valence-corrected chi connectivity index (χ1v) is 7.05. The maximum atomic E-state index is 5.75. The first kappa shape index (κ1) is 14.3. The van der Waals surface area contributed by atoms with Crippen LogP contribution in [-0.4, -0.2) is 19.2 Å². The predicted octanol–water partition coefficient (Wildman–Crippen LogP) is 3.21. The average molecular weight is 298 g/mol. The molecule has 1 heterocycles. The van der Waals surface area contributed by atoms with E-state index in [1.165, 1.54) is 0 Å². The summed E-state index contributed by atoms with van der Waals surface area (Å²) in [6.45, 7) is 0. The van der Waals surface area contributed by atoms with Gasteiger partial charge in [-0.15, -0.1) is 0 Å². The fraction of sp³-hybridized carbons (Fsp3) is 0.235. The molecule has 0 saturated carbocycles. The van der Waals surface area contributed by atoms with Gasteiger partial charge in [0.2, 0.25) is 0 Å². The minimum absolute atomic E-state index is 0.687. The molecular weight excluding hydrogens is 280 g/mol. The molecule has 3 aromatic rings. The molecule has 0 bridgehead atoms. The lowest BCUT2D eigenvalue weighted by atomic mass is 10.1. The Hall–Kier alpha value is -2.69. The van der Waals surface area contributed by atoms with Crippen LogP contribution < -0.4 is 15.2 Å². The number of methoxy groups -OCH3 is 2. The second-order valence-electron chi connectivity index (χ2n) is 5.02. The molecule has 0 saturated heterocycles. The van der Waals surface area contributed by atoms with Gasteiger partial charge in [0, 0.05) is 12.1 Å². The number of hydrogen-bond acceptors (Lipinski definition) is 5. The van der Waals surface area contributed by atoms with E-state index in [0.717, 1.165) is 34.6 Å². The summed E-state index contributed by atoms with van der Waals surface area (Å²) in [5.41, 5.74) is 9.13. The Balaban J connectivity index is 1.76. The number of ether oxygens (including phenoxy) is 2. The second kappa shape index (κ2) is 5.97. The molecule has 2 N–H and O–H groups in total. The molecule has 0 radical (unpaired) electrons. The summed E-state index contributed by atoms with van der Waals surface area (Å²) in [4.78, 5) is 4.46. The Kier molecular flexibility index (Phi) is 3.87. The second-order valence-corrected chi connectivity index (χ2v) is 5.02. The van der Waals surface area contributed by atoms with Gasteiger partial charge in [-0.05, 0) is 42.3 Å². The molecule has 1 aromatic heterocycles. The zero-order valence-corrected chi connectivity index (χ0v) is 12.6. The van der Waals surface area contributed by atoms with Crippen LogP contribution in [0.2, 0.25) is 0 Å². The van der Waals surface area contributed by atoms with Crippen LogP contribution in [-0.2, 0) is 12.8 Å². The topological polar surface area (TPSA) is 70.5 Å². The van der Waals surface area contributed by atoms with Gasteiger partial charge in [0.1, 0.15) is 5.52 Å². The largest absolute Gasteiger partial charge is 0.493 e. The zero-order valence-electron chi connectivity index (χ0n) is 12.6. The number of rotatable bonds is 5. The van der Waals surface area contributed by atoms with Crippen LogP contribution >= 0.6 is 0 Å². The van der Waals surface area contributed by atoms with Gasteiger partial charge >= 0.3 is 0 Å². The summed E-state index contributed by atoms with van der Waals surface area (Å²) in [7, 11) is 3.26. The normalized spacial score (nSPS) is 10.8. The van der Waals surface area contributed by atoms with E-state index in [1.54, 1.807) is 14.2 Å². The Morgan fingerprint density at radius 2 is 1.82 bits per heavy atom. The van der Waals surface area contributed by atoms with Crippen molar-refractivity contribution in [1.29, 1.82) is 0 Å². The summed E-state index contributed by atoms with van der Waals surface area (Å²) in [6, 6.07) is 11.4. The monoisotopic (exact) mass is 298 g/mol. The minimum atomic E-state index is 0.687. The van der Waals surface area contributed by atoms with Crippen LogP contribution in [0.4, 0.5) is 5.69 Å². The van der Waals surface area contributed by atoms with E-state index in [1.807, 2.05) is 36.4 Å². The Bertz CT molecular complexity index is 796. The summed E-state index contributed by atoms with van der Waals surface area (Å²) in [5, 5.41) is 0. The molecule has 0 unspecified atom stereocenters. The molecule has 2 aromatic carbocycles. The van der Waals surface area contributed by atoms with Crippen molar-refractivity contribution in [1.82, 2.24) is 4.98 Å². The maximum Gasteiger partial charge on any atom is 0.195 e. The molecular formula is C17H18N2O3. The van der Waals surface area contributed by atoms with Gasteiger partial charge in [-0.25, -0.2) is 4.98 Å². The van der Waals surface area contributed by atoms with Gasteiger partial charge in [0.25, 0.3) is 0 Å². The van der Waals surface area contributed by atoms with Gasteiger partial charge in [0.15, 0.2) is 23.0 Å². The number of aryl methyl sites for hydroxylation is 2. The van der Waals surface area contributed by atoms with Crippen molar-refractivity contribution in [3.8, 4) is 11.5 Å². The lowest BCUT2D eigenvalue weighted by Crippen LogP contribution is -1.95. The third kappa shape index (κ3) is 2.83. The minimum Gasteiger partial charge on any atom is -0.493 e. The van der Waals surface area contributed by atoms with Crippen LogP contribution in [0.5, 0.6) is 11.5 Å². The lowest BCUT2D eigenvalue weighted by Gasteiger charge is -2.08. The van der Waals surface area contributed by atoms with E-state index >= 15 is 0 Å². The summed E-state index contributed by atoms with van der Waals surface area (Å²) < 4.78 is 16.3. The number of aromatic nitrogens is 1. The first-order chi connectivity index (χ1) is 10.7. The van der Waals surface area contributed by atoms with Crippen LogP contribution in [0.3, 0.4) is 0 Å². The van der Waals surface area contributed by atoms with Crippen molar-refractivity contribution in [3.05, 3.63) is 47.9 Å². The number of nitrogens with two attached hydrogens (primary N) is 1. The number of hydrogen-bond donors (Lipinski definition) is 1. The van der Waals surface area contributed by atoms with E-state index < -0.39 is 0 Å². The van der Waals surface area contributed by atoms with E-state index in [4.69, 9.17) is 19.6 Å². The third-order valence-electron chi connectivity index (χ3n) is 3.53. The van der Waals surface area contributed by atoms with Gasteiger partial charge in [-0.2, -0.15) is 0 Å². The van der Waals surface area contributed by atoms with Crippen molar-refractivity contribution >= 4 is 16.8 Å². The standard InChI is InChI=1S/C17H18N2O3/c1-20-15-6-3-11(9-16(15)21-2)4-8-17-19-13-10-12(18)5-7-14(13)22-17/h3,5-7,9-10H,4,8,18H2,1-2H3. The van der Waals surface area contributed by atoms with Crippen molar-refractivity contribution in [3.63, 3.8) is 0 Å². The molecule has 22 heavy (non-hydrogen) atoms. The lowest BCUT2D eigenvalue weighted by molar-refractivity contribution is 0.354. The highest BCUT2D eigenvalue weighted by atomic mass is 16.5. The molecule has 0 fully saturated rings. The van der Waals surface area contributed by atoms with Gasteiger partial charge in [0.05, 0.1) is 14.2 Å².